The quantitative estimate of drug-likeness (QED) is 0.607. The third kappa shape index (κ3) is 4.78. The Kier molecular flexibility index (Phi) is 6.81. The Morgan fingerprint density at radius 3 is 2.43 bits per heavy atom. The van der Waals surface area contributed by atoms with Crippen molar-refractivity contribution >= 4 is 17.5 Å². The fraction of sp³-hybridized carbons (Fsp3) is 0.476. The highest BCUT2D eigenvalue weighted by Crippen LogP contribution is 2.35. The number of amides is 1. The Morgan fingerprint density at radius 2 is 1.75 bits per heavy atom. The van der Waals surface area contributed by atoms with Gasteiger partial charge in [0.25, 0.3) is 0 Å². The lowest BCUT2D eigenvalue weighted by Gasteiger charge is -2.36. The SMILES string of the molecule is CCNc1cc(NCCNC(=O)C2(c3ccccc3)CCOCC2)nc(C)n1. The summed E-state index contributed by atoms with van der Waals surface area (Å²) in [6.45, 7) is 7.02. The molecule has 0 radical (unpaired) electrons. The van der Waals surface area contributed by atoms with Crippen molar-refractivity contribution in [2.75, 3.05) is 43.5 Å². The zero-order valence-electron chi connectivity index (χ0n) is 16.6. The molecule has 1 fully saturated rings. The highest BCUT2D eigenvalue weighted by Gasteiger charge is 2.41. The van der Waals surface area contributed by atoms with Crippen LogP contribution >= 0.6 is 0 Å². The Balaban J connectivity index is 1.58. The van der Waals surface area contributed by atoms with E-state index in [9.17, 15) is 4.79 Å². The van der Waals surface area contributed by atoms with Crippen molar-refractivity contribution in [3.05, 3.63) is 47.8 Å². The van der Waals surface area contributed by atoms with Crippen LogP contribution in [0.15, 0.2) is 36.4 Å². The van der Waals surface area contributed by atoms with E-state index in [2.05, 4.69) is 25.9 Å². The van der Waals surface area contributed by atoms with Crippen LogP contribution in [0.2, 0.25) is 0 Å². The van der Waals surface area contributed by atoms with Gasteiger partial charge in [0.15, 0.2) is 0 Å². The molecule has 0 aliphatic carbocycles. The van der Waals surface area contributed by atoms with Crippen LogP contribution in [0.25, 0.3) is 0 Å². The van der Waals surface area contributed by atoms with Gasteiger partial charge in [0.2, 0.25) is 5.91 Å². The van der Waals surface area contributed by atoms with Gasteiger partial charge in [0.1, 0.15) is 17.5 Å². The number of ether oxygens (including phenoxy) is 1. The number of hydrogen-bond acceptors (Lipinski definition) is 6. The molecule has 0 bridgehead atoms. The van der Waals surface area contributed by atoms with Gasteiger partial charge in [-0.15, -0.1) is 0 Å². The number of aromatic nitrogens is 2. The average molecular weight is 383 g/mol. The van der Waals surface area contributed by atoms with Crippen molar-refractivity contribution < 1.29 is 9.53 Å². The summed E-state index contributed by atoms with van der Waals surface area (Å²) in [5, 5.41) is 9.56. The van der Waals surface area contributed by atoms with E-state index in [-0.39, 0.29) is 5.91 Å². The molecule has 150 valence electrons. The molecule has 2 heterocycles. The summed E-state index contributed by atoms with van der Waals surface area (Å²) in [4.78, 5) is 21.8. The zero-order chi connectivity index (χ0) is 19.8. The molecule has 0 spiro atoms. The molecule has 2 aromatic rings. The molecular weight excluding hydrogens is 354 g/mol. The van der Waals surface area contributed by atoms with Gasteiger partial charge in [0.05, 0.1) is 5.41 Å². The first kappa shape index (κ1) is 20.1. The number of hydrogen-bond donors (Lipinski definition) is 3. The van der Waals surface area contributed by atoms with E-state index >= 15 is 0 Å². The number of aryl methyl sites for hydroxylation is 1. The predicted molar refractivity (Wildman–Crippen MR) is 111 cm³/mol. The summed E-state index contributed by atoms with van der Waals surface area (Å²) < 4.78 is 5.51. The molecular formula is C21H29N5O2. The van der Waals surface area contributed by atoms with Crippen molar-refractivity contribution in [2.24, 2.45) is 0 Å². The summed E-state index contributed by atoms with van der Waals surface area (Å²) in [6, 6.07) is 11.9. The van der Waals surface area contributed by atoms with E-state index in [1.165, 1.54) is 0 Å². The molecule has 0 atom stereocenters. The number of carbonyl (C=O) groups excluding carboxylic acids is 1. The lowest BCUT2D eigenvalue weighted by molar-refractivity contribution is -0.130. The first-order valence-corrected chi connectivity index (χ1v) is 9.89. The van der Waals surface area contributed by atoms with Crippen molar-refractivity contribution in [2.45, 2.75) is 32.1 Å². The Labute approximate surface area is 166 Å². The Bertz CT molecular complexity index is 776. The van der Waals surface area contributed by atoms with E-state index in [0.29, 0.717) is 45.0 Å². The molecule has 1 saturated heterocycles. The van der Waals surface area contributed by atoms with Crippen LogP contribution < -0.4 is 16.0 Å². The fourth-order valence-electron chi connectivity index (χ4n) is 3.59. The summed E-state index contributed by atoms with van der Waals surface area (Å²) in [5.41, 5.74) is 0.550. The Hall–Kier alpha value is -2.67. The smallest absolute Gasteiger partial charge is 0.230 e. The standard InChI is InChI=1S/C21H29N5O2/c1-3-22-18-15-19(26-16(2)25-18)23-11-12-24-20(27)21(9-13-28-14-10-21)17-7-5-4-6-8-17/h4-8,15H,3,9-14H2,1-2H3,(H,24,27)(H2,22,23,25,26). The van der Waals surface area contributed by atoms with Crippen molar-refractivity contribution in [3.63, 3.8) is 0 Å². The first-order valence-electron chi connectivity index (χ1n) is 9.89. The van der Waals surface area contributed by atoms with Crippen LogP contribution in [0.5, 0.6) is 0 Å². The molecule has 1 aliphatic heterocycles. The average Bonchev–Trinajstić information content (AvgIpc) is 2.72. The number of nitrogens with zero attached hydrogens (tertiary/aromatic N) is 2. The van der Waals surface area contributed by atoms with E-state index in [1.54, 1.807) is 0 Å². The second-order valence-electron chi connectivity index (χ2n) is 6.96. The van der Waals surface area contributed by atoms with Crippen LogP contribution in [0, 0.1) is 6.92 Å². The van der Waals surface area contributed by atoms with Crippen molar-refractivity contribution in [1.29, 1.82) is 0 Å². The maximum atomic E-state index is 13.1. The minimum atomic E-state index is -0.511. The van der Waals surface area contributed by atoms with Crippen LogP contribution in [-0.2, 0) is 14.9 Å². The van der Waals surface area contributed by atoms with E-state index in [0.717, 1.165) is 23.7 Å². The van der Waals surface area contributed by atoms with E-state index in [1.807, 2.05) is 50.2 Å². The minimum Gasteiger partial charge on any atom is -0.381 e. The van der Waals surface area contributed by atoms with Crippen molar-refractivity contribution in [1.82, 2.24) is 15.3 Å². The molecule has 1 aliphatic rings. The van der Waals surface area contributed by atoms with Gasteiger partial charge in [-0.05, 0) is 32.3 Å². The van der Waals surface area contributed by atoms with Crippen LogP contribution in [0.4, 0.5) is 11.6 Å². The monoisotopic (exact) mass is 383 g/mol. The second kappa shape index (κ2) is 9.50. The predicted octanol–water partition coefficient (Wildman–Crippen LogP) is 2.49. The Morgan fingerprint density at radius 1 is 1.07 bits per heavy atom. The summed E-state index contributed by atoms with van der Waals surface area (Å²) >= 11 is 0. The van der Waals surface area contributed by atoms with Gasteiger partial charge in [0, 0.05) is 38.9 Å². The number of benzene rings is 1. The van der Waals surface area contributed by atoms with Gasteiger partial charge >= 0.3 is 0 Å². The maximum Gasteiger partial charge on any atom is 0.230 e. The molecule has 1 aromatic carbocycles. The lowest BCUT2D eigenvalue weighted by atomic mass is 9.73. The molecule has 1 aromatic heterocycles. The largest absolute Gasteiger partial charge is 0.381 e. The molecule has 7 heteroatoms. The summed E-state index contributed by atoms with van der Waals surface area (Å²) in [7, 11) is 0. The third-order valence-corrected chi connectivity index (χ3v) is 5.02. The second-order valence-corrected chi connectivity index (χ2v) is 6.96. The van der Waals surface area contributed by atoms with Crippen molar-refractivity contribution in [3.8, 4) is 0 Å². The molecule has 1 amide bonds. The van der Waals surface area contributed by atoms with Gasteiger partial charge < -0.3 is 20.7 Å². The maximum absolute atomic E-state index is 13.1. The van der Waals surface area contributed by atoms with E-state index < -0.39 is 5.41 Å². The minimum absolute atomic E-state index is 0.0657. The van der Waals surface area contributed by atoms with Gasteiger partial charge in [-0.25, -0.2) is 9.97 Å². The summed E-state index contributed by atoms with van der Waals surface area (Å²) in [5.74, 6) is 2.32. The number of carbonyl (C=O) groups is 1. The van der Waals surface area contributed by atoms with Crippen LogP contribution in [-0.4, -0.2) is 48.7 Å². The first-order chi connectivity index (χ1) is 13.6. The number of rotatable bonds is 8. The van der Waals surface area contributed by atoms with Gasteiger partial charge in [-0.1, -0.05) is 30.3 Å². The van der Waals surface area contributed by atoms with Crippen LogP contribution in [0.1, 0.15) is 31.2 Å². The molecule has 0 unspecified atom stereocenters. The van der Waals surface area contributed by atoms with E-state index in [4.69, 9.17) is 4.74 Å². The fourth-order valence-corrected chi connectivity index (χ4v) is 3.59. The molecule has 0 saturated carbocycles. The third-order valence-electron chi connectivity index (χ3n) is 5.02. The molecule has 7 nitrogen and oxygen atoms in total. The van der Waals surface area contributed by atoms with Gasteiger partial charge in [-0.2, -0.15) is 0 Å². The topological polar surface area (TPSA) is 88.2 Å². The lowest BCUT2D eigenvalue weighted by Crippen LogP contribution is -2.49. The van der Waals surface area contributed by atoms with Gasteiger partial charge in [-0.3, -0.25) is 4.79 Å². The number of anilines is 2. The highest BCUT2D eigenvalue weighted by atomic mass is 16.5. The van der Waals surface area contributed by atoms with Crippen LogP contribution in [0.3, 0.4) is 0 Å². The normalized spacial score (nSPS) is 15.6. The molecule has 28 heavy (non-hydrogen) atoms. The summed E-state index contributed by atoms with van der Waals surface area (Å²) in [6.07, 6.45) is 1.40. The zero-order valence-corrected chi connectivity index (χ0v) is 16.6. The molecule has 3 rings (SSSR count). The highest BCUT2D eigenvalue weighted by molar-refractivity contribution is 5.88. The number of nitrogens with one attached hydrogen (secondary N) is 3. The molecule has 3 N–H and O–H groups in total.